The fourth-order valence-corrected chi connectivity index (χ4v) is 5.01. The number of hydrogen-bond donors (Lipinski definition) is 1. The molecule has 0 saturated carbocycles. The van der Waals surface area contributed by atoms with E-state index in [4.69, 9.17) is 44.3 Å². The Morgan fingerprint density at radius 2 is 1.68 bits per heavy atom. The Morgan fingerprint density at radius 3 is 2.39 bits per heavy atom. The first-order chi connectivity index (χ1) is 18.3. The number of ether oxygens (including phenoxy) is 2. The lowest BCUT2D eigenvalue weighted by Gasteiger charge is -2.15. The molecule has 0 aromatic heterocycles. The highest BCUT2D eigenvalue weighted by Gasteiger charge is 2.36. The summed E-state index contributed by atoms with van der Waals surface area (Å²) in [5, 5.41) is 3.20. The molecule has 7 nitrogen and oxygen atoms in total. The first-order valence-electron chi connectivity index (χ1n) is 11.4. The number of hydrogen-bond acceptors (Lipinski definition) is 6. The standard InChI is InChI=1S/C27H21Cl3N2O5S/c1-2-36-22-12-16(11-20(30)25(22)37-15-17-7-3-4-8-18(17)28)13-23-26(34)32(27(35)38-23)14-24(33)31-21-10-6-5-9-19(21)29/h3-13H,2,14-15H2,1H3,(H,31,33)/b23-13+. The molecule has 0 radical (unpaired) electrons. The summed E-state index contributed by atoms with van der Waals surface area (Å²) in [5.74, 6) is -0.447. The fourth-order valence-electron chi connectivity index (χ4n) is 3.52. The van der Waals surface area contributed by atoms with Gasteiger partial charge in [0.15, 0.2) is 11.5 Å². The van der Waals surface area contributed by atoms with Crippen molar-refractivity contribution in [2.24, 2.45) is 0 Å². The molecule has 1 saturated heterocycles. The first kappa shape index (κ1) is 27.9. The molecule has 0 unspecified atom stereocenters. The molecule has 1 N–H and O–H groups in total. The first-order valence-corrected chi connectivity index (χ1v) is 13.3. The van der Waals surface area contributed by atoms with Gasteiger partial charge in [0.1, 0.15) is 13.2 Å². The largest absolute Gasteiger partial charge is 0.490 e. The van der Waals surface area contributed by atoms with Crippen molar-refractivity contribution in [1.82, 2.24) is 4.90 Å². The van der Waals surface area contributed by atoms with Gasteiger partial charge < -0.3 is 14.8 Å². The van der Waals surface area contributed by atoms with Crippen molar-refractivity contribution in [1.29, 1.82) is 0 Å². The third kappa shape index (κ3) is 6.63. The monoisotopic (exact) mass is 590 g/mol. The minimum Gasteiger partial charge on any atom is -0.490 e. The lowest BCUT2D eigenvalue weighted by molar-refractivity contribution is -0.127. The Balaban J connectivity index is 1.50. The summed E-state index contributed by atoms with van der Waals surface area (Å²) in [6.45, 7) is 1.89. The lowest BCUT2D eigenvalue weighted by atomic mass is 10.1. The van der Waals surface area contributed by atoms with Crippen LogP contribution >= 0.6 is 46.6 Å². The second kappa shape index (κ2) is 12.6. The number of para-hydroxylation sites is 1. The summed E-state index contributed by atoms with van der Waals surface area (Å²) < 4.78 is 11.6. The van der Waals surface area contributed by atoms with E-state index in [2.05, 4.69) is 5.32 Å². The smallest absolute Gasteiger partial charge is 0.294 e. The molecule has 3 aromatic carbocycles. The molecule has 3 aromatic rings. The summed E-state index contributed by atoms with van der Waals surface area (Å²) in [5.41, 5.74) is 1.69. The third-order valence-electron chi connectivity index (χ3n) is 5.28. The highest BCUT2D eigenvalue weighted by Crippen LogP contribution is 2.40. The van der Waals surface area contributed by atoms with Crippen LogP contribution in [0, 0.1) is 0 Å². The van der Waals surface area contributed by atoms with E-state index >= 15 is 0 Å². The van der Waals surface area contributed by atoms with Crippen molar-refractivity contribution in [2.75, 3.05) is 18.5 Å². The fraction of sp³-hybridized carbons (Fsp3) is 0.148. The number of anilines is 1. The van der Waals surface area contributed by atoms with Gasteiger partial charge in [-0.3, -0.25) is 19.3 Å². The van der Waals surface area contributed by atoms with E-state index in [1.165, 1.54) is 6.08 Å². The van der Waals surface area contributed by atoms with Crippen LogP contribution in [0.3, 0.4) is 0 Å². The molecule has 196 valence electrons. The van der Waals surface area contributed by atoms with E-state index in [-0.39, 0.29) is 16.5 Å². The maximum atomic E-state index is 12.9. The number of rotatable bonds is 9. The van der Waals surface area contributed by atoms with Gasteiger partial charge in [0, 0.05) is 10.6 Å². The number of halogens is 3. The zero-order valence-electron chi connectivity index (χ0n) is 20.0. The molecule has 1 fully saturated rings. The van der Waals surface area contributed by atoms with E-state index in [9.17, 15) is 14.4 Å². The number of carbonyl (C=O) groups excluding carboxylic acids is 3. The number of carbonyl (C=O) groups is 3. The average molecular weight is 592 g/mol. The molecule has 4 rings (SSSR count). The predicted molar refractivity (Wildman–Crippen MR) is 151 cm³/mol. The van der Waals surface area contributed by atoms with Crippen LogP contribution in [0.25, 0.3) is 6.08 Å². The Morgan fingerprint density at radius 1 is 0.974 bits per heavy atom. The maximum Gasteiger partial charge on any atom is 0.294 e. The van der Waals surface area contributed by atoms with Gasteiger partial charge in [-0.2, -0.15) is 0 Å². The predicted octanol–water partition coefficient (Wildman–Crippen LogP) is 7.30. The average Bonchev–Trinajstić information content (AvgIpc) is 3.13. The molecule has 0 spiro atoms. The normalized spacial score (nSPS) is 14.2. The van der Waals surface area contributed by atoms with Crippen LogP contribution in [0.5, 0.6) is 11.5 Å². The third-order valence-corrected chi connectivity index (χ3v) is 7.17. The summed E-state index contributed by atoms with van der Waals surface area (Å²) in [4.78, 5) is 38.9. The zero-order chi connectivity index (χ0) is 27.2. The Labute approximate surface area is 238 Å². The van der Waals surface area contributed by atoms with E-state index < -0.39 is 23.6 Å². The lowest BCUT2D eigenvalue weighted by Crippen LogP contribution is -2.36. The van der Waals surface area contributed by atoms with Crippen LogP contribution < -0.4 is 14.8 Å². The van der Waals surface area contributed by atoms with Crippen molar-refractivity contribution in [3.8, 4) is 11.5 Å². The van der Waals surface area contributed by atoms with Crippen LogP contribution in [-0.2, 0) is 16.2 Å². The van der Waals surface area contributed by atoms with Gasteiger partial charge in [-0.15, -0.1) is 0 Å². The van der Waals surface area contributed by atoms with Gasteiger partial charge in [0.05, 0.1) is 27.2 Å². The van der Waals surface area contributed by atoms with Crippen molar-refractivity contribution >= 4 is 75.4 Å². The molecule has 11 heteroatoms. The van der Waals surface area contributed by atoms with E-state index in [0.29, 0.717) is 39.4 Å². The maximum absolute atomic E-state index is 12.9. The van der Waals surface area contributed by atoms with Gasteiger partial charge in [0.2, 0.25) is 5.91 Å². The van der Waals surface area contributed by atoms with Gasteiger partial charge in [0.25, 0.3) is 11.1 Å². The molecule has 1 heterocycles. The molecular formula is C27H21Cl3N2O5S. The van der Waals surface area contributed by atoms with Crippen molar-refractivity contribution < 1.29 is 23.9 Å². The quantitative estimate of drug-likeness (QED) is 0.263. The van der Waals surface area contributed by atoms with Crippen LogP contribution in [0.4, 0.5) is 10.5 Å². The highest BCUT2D eigenvalue weighted by molar-refractivity contribution is 8.18. The van der Waals surface area contributed by atoms with Gasteiger partial charge in [-0.25, -0.2) is 0 Å². The number of nitrogens with one attached hydrogen (secondary N) is 1. The molecule has 1 aliphatic heterocycles. The molecule has 3 amide bonds. The Kier molecular flexibility index (Phi) is 9.22. The second-order valence-corrected chi connectivity index (χ2v) is 10.2. The number of thioether (sulfide) groups is 1. The minimum atomic E-state index is -0.595. The molecule has 1 aliphatic rings. The van der Waals surface area contributed by atoms with Crippen LogP contribution in [0.2, 0.25) is 15.1 Å². The van der Waals surface area contributed by atoms with Crippen molar-refractivity contribution in [3.63, 3.8) is 0 Å². The Bertz CT molecular complexity index is 1430. The van der Waals surface area contributed by atoms with Crippen LogP contribution in [0.15, 0.2) is 65.6 Å². The molecule has 0 bridgehead atoms. The SMILES string of the molecule is CCOc1cc(/C=C2/SC(=O)N(CC(=O)Nc3ccccc3Cl)C2=O)cc(Cl)c1OCc1ccccc1Cl. The van der Waals surface area contributed by atoms with Crippen LogP contribution in [-0.4, -0.2) is 35.1 Å². The van der Waals surface area contributed by atoms with E-state index in [1.807, 2.05) is 25.1 Å². The van der Waals surface area contributed by atoms with Crippen molar-refractivity contribution in [2.45, 2.75) is 13.5 Å². The number of nitrogens with zero attached hydrogens (tertiary/aromatic N) is 1. The van der Waals surface area contributed by atoms with Gasteiger partial charge in [-0.05, 0) is 60.7 Å². The molecule has 0 aliphatic carbocycles. The molecular weight excluding hydrogens is 571 g/mol. The van der Waals surface area contributed by atoms with Crippen LogP contribution in [0.1, 0.15) is 18.1 Å². The summed E-state index contributed by atoms with van der Waals surface area (Å²) >= 11 is 19.5. The van der Waals surface area contributed by atoms with Crippen molar-refractivity contribution in [3.05, 3.63) is 91.8 Å². The summed E-state index contributed by atoms with van der Waals surface area (Å²) in [6, 6.07) is 17.2. The van der Waals surface area contributed by atoms with E-state index in [0.717, 1.165) is 22.2 Å². The minimum absolute atomic E-state index is 0.142. The summed E-state index contributed by atoms with van der Waals surface area (Å²) in [7, 11) is 0. The zero-order valence-corrected chi connectivity index (χ0v) is 23.1. The van der Waals surface area contributed by atoms with E-state index in [1.54, 1.807) is 42.5 Å². The highest BCUT2D eigenvalue weighted by atomic mass is 35.5. The number of imide groups is 1. The van der Waals surface area contributed by atoms with Gasteiger partial charge in [-0.1, -0.05) is 65.1 Å². The second-order valence-electron chi connectivity index (χ2n) is 7.94. The molecule has 0 atom stereocenters. The molecule has 38 heavy (non-hydrogen) atoms. The Hall–Kier alpha value is -3.17. The number of amides is 3. The topological polar surface area (TPSA) is 84.9 Å². The van der Waals surface area contributed by atoms with Gasteiger partial charge >= 0.3 is 0 Å². The summed E-state index contributed by atoms with van der Waals surface area (Å²) in [6.07, 6.45) is 1.52. The number of benzene rings is 3.